The van der Waals surface area contributed by atoms with Gasteiger partial charge < -0.3 is 19.7 Å². The van der Waals surface area contributed by atoms with E-state index in [4.69, 9.17) is 21.1 Å². The van der Waals surface area contributed by atoms with Crippen LogP contribution in [0, 0.1) is 0 Å². The summed E-state index contributed by atoms with van der Waals surface area (Å²) >= 11 is 5.87. The van der Waals surface area contributed by atoms with Gasteiger partial charge in [0, 0.05) is 25.2 Å². The number of urea groups is 1. The van der Waals surface area contributed by atoms with Crippen LogP contribution in [0.1, 0.15) is 11.1 Å². The maximum absolute atomic E-state index is 12.2. The first-order valence-electron chi connectivity index (χ1n) is 7.74. The van der Waals surface area contributed by atoms with E-state index in [1.54, 1.807) is 11.9 Å². The number of carbonyl (C=O) groups excluding carboxylic acids is 1. The third-order valence-corrected chi connectivity index (χ3v) is 3.98. The largest absolute Gasteiger partial charge is 0.486 e. The highest BCUT2D eigenvalue weighted by molar-refractivity contribution is 6.30. The summed E-state index contributed by atoms with van der Waals surface area (Å²) < 4.78 is 11.0. The summed E-state index contributed by atoms with van der Waals surface area (Å²) in [6.07, 6.45) is 0. The molecule has 0 fully saturated rings. The Balaban J connectivity index is 1.54. The van der Waals surface area contributed by atoms with Gasteiger partial charge in [0.2, 0.25) is 0 Å². The van der Waals surface area contributed by atoms with Crippen molar-refractivity contribution in [1.29, 1.82) is 0 Å². The van der Waals surface area contributed by atoms with Crippen LogP contribution in [0.15, 0.2) is 42.5 Å². The number of amides is 2. The standard InChI is InChI=1S/C18H19ClN2O3/c1-21(12-13-2-5-15(19)6-3-13)18(22)20-11-14-4-7-16-17(10-14)24-9-8-23-16/h2-7,10H,8-9,11-12H2,1H3,(H,20,22). The third kappa shape index (κ3) is 4.11. The topological polar surface area (TPSA) is 50.8 Å². The van der Waals surface area contributed by atoms with Crippen LogP contribution in [-0.4, -0.2) is 31.2 Å². The Morgan fingerprint density at radius 2 is 1.75 bits per heavy atom. The fourth-order valence-electron chi connectivity index (χ4n) is 2.45. The lowest BCUT2D eigenvalue weighted by molar-refractivity contribution is 0.171. The van der Waals surface area contributed by atoms with Crippen LogP contribution in [0.3, 0.4) is 0 Å². The van der Waals surface area contributed by atoms with Gasteiger partial charge in [0.1, 0.15) is 13.2 Å². The van der Waals surface area contributed by atoms with Gasteiger partial charge in [-0.1, -0.05) is 29.8 Å². The van der Waals surface area contributed by atoms with E-state index in [-0.39, 0.29) is 6.03 Å². The first-order valence-corrected chi connectivity index (χ1v) is 8.11. The first-order chi connectivity index (χ1) is 11.6. The second-order valence-electron chi connectivity index (χ2n) is 5.62. The fourth-order valence-corrected chi connectivity index (χ4v) is 2.57. The molecule has 1 aliphatic rings. The molecular weight excluding hydrogens is 328 g/mol. The Hall–Kier alpha value is -2.40. The van der Waals surface area contributed by atoms with Crippen molar-refractivity contribution in [3.63, 3.8) is 0 Å². The molecule has 1 aliphatic heterocycles. The average Bonchev–Trinajstić information content (AvgIpc) is 2.61. The zero-order chi connectivity index (χ0) is 16.9. The SMILES string of the molecule is CN(Cc1ccc(Cl)cc1)C(=O)NCc1ccc2c(c1)OCCO2. The number of carbonyl (C=O) groups is 1. The quantitative estimate of drug-likeness (QED) is 0.922. The van der Waals surface area contributed by atoms with E-state index in [0.717, 1.165) is 22.6 Å². The summed E-state index contributed by atoms with van der Waals surface area (Å²) in [6.45, 7) is 2.07. The van der Waals surface area contributed by atoms with Crippen LogP contribution >= 0.6 is 11.6 Å². The van der Waals surface area contributed by atoms with Crippen molar-refractivity contribution in [2.45, 2.75) is 13.1 Å². The predicted octanol–water partition coefficient (Wildman–Crippen LogP) is 3.45. The molecule has 126 valence electrons. The van der Waals surface area contributed by atoms with Crippen LogP contribution in [0.2, 0.25) is 5.02 Å². The van der Waals surface area contributed by atoms with Gasteiger partial charge in [-0.2, -0.15) is 0 Å². The Morgan fingerprint density at radius 3 is 2.50 bits per heavy atom. The molecule has 0 aliphatic carbocycles. The van der Waals surface area contributed by atoms with Crippen molar-refractivity contribution in [1.82, 2.24) is 10.2 Å². The Kier molecular flexibility index (Phi) is 5.11. The van der Waals surface area contributed by atoms with Gasteiger partial charge in [0.15, 0.2) is 11.5 Å². The molecule has 1 heterocycles. The van der Waals surface area contributed by atoms with Crippen LogP contribution in [0.25, 0.3) is 0 Å². The van der Waals surface area contributed by atoms with Gasteiger partial charge in [0.25, 0.3) is 0 Å². The van der Waals surface area contributed by atoms with Gasteiger partial charge in [-0.05, 0) is 35.4 Å². The van der Waals surface area contributed by atoms with Crippen LogP contribution in [-0.2, 0) is 13.1 Å². The number of benzene rings is 2. The minimum Gasteiger partial charge on any atom is -0.486 e. The Labute approximate surface area is 146 Å². The number of fused-ring (bicyclic) bond motifs is 1. The van der Waals surface area contributed by atoms with Crippen molar-refractivity contribution < 1.29 is 14.3 Å². The minimum absolute atomic E-state index is 0.139. The average molecular weight is 347 g/mol. The highest BCUT2D eigenvalue weighted by Crippen LogP contribution is 2.30. The van der Waals surface area contributed by atoms with Gasteiger partial charge in [-0.15, -0.1) is 0 Å². The number of nitrogens with one attached hydrogen (secondary N) is 1. The molecular formula is C18H19ClN2O3. The van der Waals surface area contributed by atoms with E-state index in [2.05, 4.69) is 5.32 Å². The molecule has 2 aromatic carbocycles. The zero-order valence-electron chi connectivity index (χ0n) is 13.4. The maximum Gasteiger partial charge on any atom is 0.317 e. The van der Waals surface area contributed by atoms with E-state index in [0.29, 0.717) is 31.3 Å². The molecule has 2 amide bonds. The highest BCUT2D eigenvalue weighted by Gasteiger charge is 2.13. The van der Waals surface area contributed by atoms with Crippen molar-refractivity contribution >= 4 is 17.6 Å². The van der Waals surface area contributed by atoms with E-state index in [1.165, 1.54) is 0 Å². The summed E-state index contributed by atoms with van der Waals surface area (Å²) in [6, 6.07) is 13.0. The molecule has 24 heavy (non-hydrogen) atoms. The monoisotopic (exact) mass is 346 g/mol. The van der Waals surface area contributed by atoms with Crippen LogP contribution in [0.4, 0.5) is 4.79 Å². The van der Waals surface area contributed by atoms with Gasteiger partial charge in [-0.25, -0.2) is 4.79 Å². The lowest BCUT2D eigenvalue weighted by atomic mass is 10.2. The molecule has 0 atom stereocenters. The van der Waals surface area contributed by atoms with Crippen molar-refractivity contribution in [3.05, 3.63) is 58.6 Å². The van der Waals surface area contributed by atoms with Gasteiger partial charge in [-0.3, -0.25) is 0 Å². The van der Waals surface area contributed by atoms with Crippen LogP contribution < -0.4 is 14.8 Å². The van der Waals surface area contributed by atoms with Crippen molar-refractivity contribution in [2.24, 2.45) is 0 Å². The number of ether oxygens (including phenoxy) is 2. The Bertz CT molecular complexity index is 719. The first kappa shape index (κ1) is 16.5. The number of rotatable bonds is 4. The predicted molar refractivity (Wildman–Crippen MR) is 92.6 cm³/mol. The minimum atomic E-state index is -0.139. The summed E-state index contributed by atoms with van der Waals surface area (Å²) in [4.78, 5) is 13.8. The summed E-state index contributed by atoms with van der Waals surface area (Å²) in [5, 5.41) is 3.59. The van der Waals surface area contributed by atoms with Crippen molar-refractivity contribution in [2.75, 3.05) is 20.3 Å². The van der Waals surface area contributed by atoms with Crippen LogP contribution in [0.5, 0.6) is 11.5 Å². The van der Waals surface area contributed by atoms with Gasteiger partial charge in [0.05, 0.1) is 0 Å². The summed E-state index contributed by atoms with van der Waals surface area (Å²) in [5.74, 6) is 1.47. The highest BCUT2D eigenvalue weighted by atomic mass is 35.5. The zero-order valence-corrected chi connectivity index (χ0v) is 14.2. The molecule has 1 N–H and O–H groups in total. The number of halogens is 1. The molecule has 0 bridgehead atoms. The molecule has 2 aromatic rings. The van der Waals surface area contributed by atoms with E-state index >= 15 is 0 Å². The fraction of sp³-hybridized carbons (Fsp3) is 0.278. The second-order valence-corrected chi connectivity index (χ2v) is 6.06. The number of nitrogens with zero attached hydrogens (tertiary/aromatic N) is 1. The lowest BCUT2D eigenvalue weighted by Gasteiger charge is -2.20. The molecule has 0 radical (unpaired) electrons. The molecule has 0 unspecified atom stereocenters. The molecule has 3 rings (SSSR count). The van der Waals surface area contributed by atoms with E-state index in [1.807, 2.05) is 42.5 Å². The number of hydrogen-bond donors (Lipinski definition) is 1. The summed E-state index contributed by atoms with van der Waals surface area (Å²) in [7, 11) is 1.76. The Morgan fingerprint density at radius 1 is 1.08 bits per heavy atom. The number of hydrogen-bond acceptors (Lipinski definition) is 3. The van der Waals surface area contributed by atoms with E-state index in [9.17, 15) is 4.79 Å². The second kappa shape index (κ2) is 7.45. The molecule has 0 spiro atoms. The molecule has 5 nitrogen and oxygen atoms in total. The smallest absolute Gasteiger partial charge is 0.317 e. The molecule has 6 heteroatoms. The van der Waals surface area contributed by atoms with Gasteiger partial charge >= 0.3 is 6.03 Å². The molecule has 0 saturated heterocycles. The van der Waals surface area contributed by atoms with E-state index < -0.39 is 0 Å². The normalized spacial score (nSPS) is 12.6. The lowest BCUT2D eigenvalue weighted by Crippen LogP contribution is -2.36. The summed E-state index contributed by atoms with van der Waals surface area (Å²) in [5.41, 5.74) is 1.99. The third-order valence-electron chi connectivity index (χ3n) is 3.73. The molecule has 0 aromatic heterocycles. The van der Waals surface area contributed by atoms with Crippen molar-refractivity contribution in [3.8, 4) is 11.5 Å². The maximum atomic E-state index is 12.2. The molecule has 0 saturated carbocycles.